The van der Waals surface area contributed by atoms with Gasteiger partial charge in [-0.25, -0.2) is 0 Å². The number of anilines is 1. The maximum Gasteiger partial charge on any atom is 0.432 e. The van der Waals surface area contributed by atoms with E-state index in [0.717, 1.165) is 5.56 Å². The van der Waals surface area contributed by atoms with Gasteiger partial charge in [0.05, 0.1) is 6.54 Å². The molecule has 0 saturated carbocycles. The third-order valence-corrected chi connectivity index (χ3v) is 3.93. The Kier molecular flexibility index (Phi) is 4.92. The quantitative estimate of drug-likeness (QED) is 0.684. The number of hydrogen-bond donors (Lipinski definition) is 2. The number of amides is 1. The largest absolute Gasteiger partial charge is 0.432 e. The zero-order chi connectivity index (χ0) is 18.9. The van der Waals surface area contributed by atoms with E-state index >= 15 is 0 Å². The van der Waals surface area contributed by atoms with Gasteiger partial charge in [0.25, 0.3) is 5.91 Å². The van der Waals surface area contributed by atoms with Crippen molar-refractivity contribution >= 4 is 34.9 Å². The minimum atomic E-state index is -4.61. The second-order valence-electron chi connectivity index (χ2n) is 5.25. The molecule has 0 saturated heterocycles. The van der Waals surface area contributed by atoms with Crippen LogP contribution in [0.1, 0.15) is 21.7 Å². The fraction of sp³-hybridized carbons (Fsp3) is 0.133. The number of nitrogens with one attached hydrogen (secondary N) is 2. The second kappa shape index (κ2) is 7.00. The van der Waals surface area contributed by atoms with Crippen LogP contribution in [0.5, 0.6) is 0 Å². The van der Waals surface area contributed by atoms with E-state index in [2.05, 4.69) is 15.5 Å². The van der Waals surface area contributed by atoms with E-state index < -0.39 is 23.5 Å². The van der Waals surface area contributed by atoms with Gasteiger partial charge in [-0.05, 0) is 17.7 Å². The molecule has 2 N–H and O–H groups in total. The molecule has 26 heavy (non-hydrogen) atoms. The number of halogens is 5. The molecule has 2 aromatic heterocycles. The molecule has 1 aromatic carbocycles. The van der Waals surface area contributed by atoms with Crippen molar-refractivity contribution in [3.05, 3.63) is 63.5 Å². The standard InChI is InChI=1S/C15H10Cl2F3N5O/c16-9-2-1-8(10(17)5-9)7-25-4-3-13(24-25)21-14(26)11-6-12(23-22-11)15(18,19)20/h1-6H,7H2,(H,22,23)(H,21,24,26). The van der Waals surface area contributed by atoms with Crippen LogP contribution >= 0.6 is 23.2 Å². The molecule has 3 rings (SSSR count). The SMILES string of the molecule is O=C(Nc1ccn(Cc2ccc(Cl)cc2Cl)n1)c1cc(C(F)(F)F)[nH]n1. The molecule has 11 heteroatoms. The first-order chi connectivity index (χ1) is 12.2. The normalized spacial score (nSPS) is 11.6. The van der Waals surface area contributed by atoms with Crippen LogP contribution in [-0.4, -0.2) is 25.9 Å². The maximum absolute atomic E-state index is 12.5. The fourth-order valence-corrected chi connectivity index (χ4v) is 2.57. The predicted molar refractivity (Wildman–Crippen MR) is 89.3 cm³/mol. The summed E-state index contributed by atoms with van der Waals surface area (Å²) in [5.74, 6) is -0.650. The highest BCUT2D eigenvalue weighted by molar-refractivity contribution is 6.35. The number of carbonyl (C=O) groups is 1. The molecule has 1 amide bonds. The van der Waals surface area contributed by atoms with E-state index in [-0.39, 0.29) is 5.82 Å². The number of alkyl halides is 3. The van der Waals surface area contributed by atoms with Gasteiger partial charge in [-0.3, -0.25) is 14.6 Å². The summed E-state index contributed by atoms with van der Waals surface area (Å²) in [5.41, 5.74) is -0.739. The first kappa shape index (κ1) is 18.3. The Morgan fingerprint density at radius 3 is 2.65 bits per heavy atom. The molecule has 0 unspecified atom stereocenters. The molecule has 6 nitrogen and oxygen atoms in total. The molecule has 0 fully saturated rings. The van der Waals surface area contributed by atoms with E-state index in [1.54, 1.807) is 29.5 Å². The second-order valence-corrected chi connectivity index (χ2v) is 6.10. The Hall–Kier alpha value is -2.52. The maximum atomic E-state index is 12.5. The monoisotopic (exact) mass is 403 g/mol. The van der Waals surface area contributed by atoms with Crippen LogP contribution in [0.3, 0.4) is 0 Å². The summed E-state index contributed by atoms with van der Waals surface area (Å²) in [4.78, 5) is 12.0. The number of benzene rings is 1. The third kappa shape index (κ3) is 4.17. The smallest absolute Gasteiger partial charge is 0.304 e. The summed E-state index contributed by atoms with van der Waals surface area (Å²) >= 11 is 11.9. The van der Waals surface area contributed by atoms with Gasteiger partial charge >= 0.3 is 6.18 Å². The van der Waals surface area contributed by atoms with Crippen LogP contribution in [0.15, 0.2) is 36.5 Å². The van der Waals surface area contributed by atoms with Crippen molar-refractivity contribution in [1.82, 2.24) is 20.0 Å². The summed E-state index contributed by atoms with van der Waals surface area (Å²) in [5, 5.41) is 12.6. The van der Waals surface area contributed by atoms with E-state index in [9.17, 15) is 18.0 Å². The number of aromatic nitrogens is 4. The number of carbonyl (C=O) groups excluding carboxylic acids is 1. The minimum Gasteiger partial charge on any atom is -0.304 e. The van der Waals surface area contributed by atoms with Crippen LogP contribution in [0, 0.1) is 0 Å². The van der Waals surface area contributed by atoms with E-state index in [0.29, 0.717) is 22.7 Å². The molecule has 0 radical (unpaired) electrons. The van der Waals surface area contributed by atoms with Gasteiger partial charge in [0.15, 0.2) is 11.5 Å². The Labute approximate surface area is 154 Å². The topological polar surface area (TPSA) is 75.6 Å². The van der Waals surface area contributed by atoms with Gasteiger partial charge < -0.3 is 5.32 Å². The lowest BCUT2D eigenvalue weighted by Crippen LogP contribution is -2.13. The Morgan fingerprint density at radius 1 is 1.23 bits per heavy atom. The molecule has 0 spiro atoms. The average molecular weight is 404 g/mol. The molecular formula is C15H10Cl2F3N5O. The van der Waals surface area contributed by atoms with Gasteiger partial charge in [0.1, 0.15) is 5.69 Å². The molecular weight excluding hydrogens is 394 g/mol. The highest BCUT2D eigenvalue weighted by Crippen LogP contribution is 2.27. The van der Waals surface area contributed by atoms with Crippen molar-refractivity contribution in [1.29, 1.82) is 0 Å². The van der Waals surface area contributed by atoms with Crippen molar-refractivity contribution in [3.63, 3.8) is 0 Å². The number of hydrogen-bond acceptors (Lipinski definition) is 3. The highest BCUT2D eigenvalue weighted by atomic mass is 35.5. The molecule has 0 atom stereocenters. The molecule has 2 heterocycles. The van der Waals surface area contributed by atoms with Crippen molar-refractivity contribution in [2.75, 3.05) is 5.32 Å². The first-order valence-electron chi connectivity index (χ1n) is 7.14. The average Bonchev–Trinajstić information content (AvgIpc) is 3.19. The zero-order valence-corrected chi connectivity index (χ0v) is 14.3. The van der Waals surface area contributed by atoms with Gasteiger partial charge in [0.2, 0.25) is 0 Å². The van der Waals surface area contributed by atoms with Gasteiger partial charge in [0, 0.05) is 28.4 Å². The number of rotatable bonds is 4. The Bertz CT molecular complexity index is 951. The predicted octanol–water partition coefficient (Wildman–Crippen LogP) is 4.23. The number of nitrogens with zero attached hydrogens (tertiary/aromatic N) is 3. The zero-order valence-electron chi connectivity index (χ0n) is 12.8. The molecule has 0 bridgehead atoms. The lowest BCUT2D eigenvalue weighted by atomic mass is 10.2. The third-order valence-electron chi connectivity index (χ3n) is 3.35. The lowest BCUT2D eigenvalue weighted by molar-refractivity contribution is -0.141. The molecule has 0 aliphatic heterocycles. The summed E-state index contributed by atoms with van der Waals surface area (Å²) in [6.45, 7) is 0.326. The van der Waals surface area contributed by atoms with Crippen molar-refractivity contribution in [2.45, 2.75) is 12.7 Å². The Morgan fingerprint density at radius 2 is 2.00 bits per heavy atom. The van der Waals surface area contributed by atoms with E-state index in [1.165, 1.54) is 10.7 Å². The summed E-state index contributed by atoms with van der Waals surface area (Å²) < 4.78 is 39.1. The minimum absolute atomic E-state index is 0.164. The summed E-state index contributed by atoms with van der Waals surface area (Å²) in [6.07, 6.45) is -3.02. The number of H-pyrrole nitrogens is 1. The number of aromatic amines is 1. The summed E-state index contributed by atoms with van der Waals surface area (Å²) in [7, 11) is 0. The van der Waals surface area contributed by atoms with Crippen LogP contribution < -0.4 is 5.32 Å². The molecule has 0 aliphatic carbocycles. The molecule has 0 aliphatic rings. The fourth-order valence-electron chi connectivity index (χ4n) is 2.10. The van der Waals surface area contributed by atoms with Crippen molar-refractivity contribution in [3.8, 4) is 0 Å². The van der Waals surface area contributed by atoms with Crippen molar-refractivity contribution < 1.29 is 18.0 Å². The van der Waals surface area contributed by atoms with Gasteiger partial charge in [-0.1, -0.05) is 29.3 Å². The van der Waals surface area contributed by atoms with Gasteiger partial charge in [-0.15, -0.1) is 0 Å². The molecule has 3 aromatic rings. The van der Waals surface area contributed by atoms with Crippen LogP contribution in [0.4, 0.5) is 19.0 Å². The van der Waals surface area contributed by atoms with Crippen LogP contribution in [-0.2, 0) is 12.7 Å². The van der Waals surface area contributed by atoms with Crippen molar-refractivity contribution in [2.24, 2.45) is 0 Å². The van der Waals surface area contributed by atoms with Crippen LogP contribution in [0.25, 0.3) is 0 Å². The lowest BCUT2D eigenvalue weighted by Gasteiger charge is -2.05. The summed E-state index contributed by atoms with van der Waals surface area (Å²) in [6, 6.07) is 7.15. The molecule has 136 valence electrons. The van der Waals surface area contributed by atoms with Gasteiger partial charge in [-0.2, -0.15) is 23.4 Å². The van der Waals surface area contributed by atoms with Crippen LogP contribution in [0.2, 0.25) is 10.0 Å². The highest BCUT2D eigenvalue weighted by Gasteiger charge is 2.33. The van der Waals surface area contributed by atoms with E-state index in [1.807, 2.05) is 0 Å². The van der Waals surface area contributed by atoms with E-state index in [4.69, 9.17) is 23.2 Å². The first-order valence-corrected chi connectivity index (χ1v) is 7.89. The Balaban J connectivity index is 1.68.